The quantitative estimate of drug-likeness (QED) is 0.578. The first-order valence-electron chi connectivity index (χ1n) is 3.65. The van der Waals surface area contributed by atoms with E-state index in [-0.39, 0.29) is 0 Å². The van der Waals surface area contributed by atoms with Crippen molar-refractivity contribution < 1.29 is 9.47 Å². The van der Waals surface area contributed by atoms with Crippen LogP contribution in [0.25, 0.3) is 0 Å². The summed E-state index contributed by atoms with van der Waals surface area (Å²) >= 11 is 0. The van der Waals surface area contributed by atoms with Crippen LogP contribution < -0.4 is 0 Å². The van der Waals surface area contributed by atoms with Crippen LogP contribution >= 0.6 is 0 Å². The zero-order valence-corrected chi connectivity index (χ0v) is 6.43. The Morgan fingerprint density at radius 1 is 1.17 bits per heavy atom. The highest BCUT2D eigenvalue weighted by Crippen LogP contribution is 2.13. The van der Waals surface area contributed by atoms with Crippen molar-refractivity contribution in [2.45, 2.75) is 0 Å². The topological polar surface area (TPSA) is 57.1 Å². The van der Waals surface area contributed by atoms with Crippen LogP contribution in [0.15, 0.2) is 12.7 Å². The number of nitrogens with zero attached hydrogens (tertiary/aromatic N) is 3. The molecule has 2 rings (SSSR count). The van der Waals surface area contributed by atoms with Gasteiger partial charge in [0.2, 0.25) is 0 Å². The van der Waals surface area contributed by atoms with Crippen LogP contribution in [0.3, 0.4) is 0 Å². The summed E-state index contributed by atoms with van der Waals surface area (Å²) in [6.07, 6.45) is 3.56. The summed E-state index contributed by atoms with van der Waals surface area (Å²) in [7, 11) is 0. The smallest absolute Gasteiger partial charge is 0.189 e. The molecule has 5 heteroatoms. The highest BCUT2D eigenvalue weighted by molar-refractivity contribution is 5.07. The number of hydrogen-bond donors (Lipinski definition) is 0. The molecule has 5 nitrogen and oxygen atoms in total. The Morgan fingerprint density at radius 3 is 2.67 bits per heavy atom. The molecule has 1 aromatic heterocycles. The maximum absolute atomic E-state index is 5.30. The average molecular weight is 166 g/mol. The van der Waals surface area contributed by atoms with Gasteiger partial charge in [0.25, 0.3) is 0 Å². The Hall–Kier alpha value is -1.07. The third-order valence-corrected chi connectivity index (χ3v) is 1.48. The molecule has 0 aromatic carbocycles. The van der Waals surface area contributed by atoms with Gasteiger partial charge in [-0.05, 0) is 0 Å². The third-order valence-electron chi connectivity index (χ3n) is 1.48. The number of rotatable bonds is 1. The van der Waals surface area contributed by atoms with Gasteiger partial charge in [0.15, 0.2) is 11.9 Å². The number of ether oxygens (including phenoxy) is 2. The fourth-order valence-electron chi connectivity index (χ4n) is 0.943. The monoisotopic (exact) mass is 166 g/mol. The summed E-state index contributed by atoms with van der Waals surface area (Å²) in [5.41, 5.74) is 0. The summed E-state index contributed by atoms with van der Waals surface area (Å²) in [5.74, 6) is 0.560. The van der Waals surface area contributed by atoms with Crippen molar-refractivity contribution in [3.05, 3.63) is 24.6 Å². The van der Waals surface area contributed by atoms with Gasteiger partial charge in [0, 0.05) is 0 Å². The molecule has 2 heterocycles. The molecule has 0 unspecified atom stereocenters. The minimum atomic E-state index is 0.448. The van der Waals surface area contributed by atoms with Crippen LogP contribution in [0.4, 0.5) is 0 Å². The zero-order chi connectivity index (χ0) is 8.23. The molecule has 12 heavy (non-hydrogen) atoms. The van der Waals surface area contributed by atoms with E-state index in [1.54, 1.807) is 0 Å². The molecule has 0 N–H and O–H groups in total. The van der Waals surface area contributed by atoms with E-state index in [9.17, 15) is 0 Å². The minimum Gasteiger partial charge on any atom is -0.375 e. The summed E-state index contributed by atoms with van der Waals surface area (Å²) in [5, 5.41) is 0. The van der Waals surface area contributed by atoms with Gasteiger partial charge in [-0.15, -0.1) is 0 Å². The lowest BCUT2D eigenvalue weighted by Crippen LogP contribution is -2.24. The maximum atomic E-state index is 5.30. The second-order valence-electron chi connectivity index (χ2n) is 2.29. The van der Waals surface area contributed by atoms with E-state index in [2.05, 4.69) is 15.0 Å². The summed E-state index contributed by atoms with van der Waals surface area (Å²) < 4.78 is 10.5. The Balaban J connectivity index is 2.08. The van der Waals surface area contributed by atoms with Gasteiger partial charge in [-0.3, -0.25) is 0 Å². The van der Waals surface area contributed by atoms with Crippen molar-refractivity contribution in [1.29, 1.82) is 0 Å². The van der Waals surface area contributed by atoms with Crippen LogP contribution in [-0.2, 0) is 9.47 Å². The fraction of sp³-hybridized carbons (Fsp3) is 0.429. The van der Waals surface area contributed by atoms with E-state index in [0.717, 1.165) is 0 Å². The van der Waals surface area contributed by atoms with Gasteiger partial charge in [0.1, 0.15) is 12.7 Å². The van der Waals surface area contributed by atoms with Crippen molar-refractivity contribution in [3.8, 4) is 0 Å². The van der Waals surface area contributed by atoms with E-state index >= 15 is 0 Å². The largest absolute Gasteiger partial charge is 0.375 e. The first kappa shape index (κ1) is 7.57. The van der Waals surface area contributed by atoms with E-state index in [0.29, 0.717) is 31.7 Å². The van der Waals surface area contributed by atoms with Crippen LogP contribution in [0.1, 0.15) is 5.82 Å². The summed E-state index contributed by atoms with van der Waals surface area (Å²) in [6, 6.07) is 0. The minimum absolute atomic E-state index is 0.448. The molecule has 1 fully saturated rings. The predicted octanol–water partition coefficient (Wildman–Crippen LogP) is -0.202. The van der Waals surface area contributed by atoms with Crippen LogP contribution in [0, 0.1) is 6.10 Å². The van der Waals surface area contributed by atoms with Crippen LogP contribution in [-0.4, -0.2) is 34.8 Å². The molecule has 63 valence electrons. The summed E-state index contributed by atoms with van der Waals surface area (Å²) in [4.78, 5) is 11.6. The molecular formula is C7H8N3O2. The standard InChI is InChI=1S/C7H8N3O2/c1-2-12-6(3-11-1)7-9-4-8-5-10-7/h4-5H,1-3H2. The molecule has 0 spiro atoms. The van der Waals surface area contributed by atoms with Crippen molar-refractivity contribution >= 4 is 0 Å². The SMILES string of the molecule is c1ncnc([C]2COCCO2)n1. The molecule has 1 aromatic rings. The lowest BCUT2D eigenvalue weighted by Gasteiger charge is -2.19. The number of hydrogen-bond acceptors (Lipinski definition) is 5. The van der Waals surface area contributed by atoms with Gasteiger partial charge < -0.3 is 9.47 Å². The third kappa shape index (κ3) is 1.57. The van der Waals surface area contributed by atoms with Crippen molar-refractivity contribution in [1.82, 2.24) is 15.0 Å². The van der Waals surface area contributed by atoms with E-state index in [1.807, 2.05) is 0 Å². The molecule has 1 aliphatic heterocycles. The molecule has 0 bridgehead atoms. The molecule has 1 saturated heterocycles. The van der Waals surface area contributed by atoms with Gasteiger partial charge in [0.05, 0.1) is 19.8 Å². The van der Waals surface area contributed by atoms with Crippen LogP contribution in [0.2, 0.25) is 0 Å². The fourth-order valence-corrected chi connectivity index (χ4v) is 0.943. The molecule has 1 radical (unpaired) electrons. The zero-order valence-electron chi connectivity index (χ0n) is 6.43. The van der Waals surface area contributed by atoms with Crippen molar-refractivity contribution in [2.75, 3.05) is 19.8 Å². The lowest BCUT2D eigenvalue weighted by molar-refractivity contribution is -0.0205. The van der Waals surface area contributed by atoms with Crippen LogP contribution in [0.5, 0.6) is 0 Å². The molecular weight excluding hydrogens is 158 g/mol. The first-order chi connectivity index (χ1) is 5.97. The van der Waals surface area contributed by atoms with Crippen molar-refractivity contribution in [2.24, 2.45) is 0 Å². The highest BCUT2D eigenvalue weighted by atomic mass is 16.6. The molecule has 0 atom stereocenters. The molecule has 1 aliphatic rings. The van der Waals surface area contributed by atoms with E-state index in [4.69, 9.17) is 9.47 Å². The Bertz CT molecular complexity index is 236. The summed E-state index contributed by atoms with van der Waals surface area (Å²) in [6.45, 7) is 1.65. The van der Waals surface area contributed by atoms with Gasteiger partial charge in [-0.1, -0.05) is 0 Å². The lowest BCUT2D eigenvalue weighted by atomic mass is 10.3. The first-order valence-corrected chi connectivity index (χ1v) is 3.65. The van der Waals surface area contributed by atoms with E-state index in [1.165, 1.54) is 12.7 Å². The predicted molar refractivity (Wildman–Crippen MR) is 38.9 cm³/mol. The maximum Gasteiger partial charge on any atom is 0.189 e. The van der Waals surface area contributed by atoms with Gasteiger partial charge >= 0.3 is 0 Å². The molecule has 0 amide bonds. The Labute approximate surface area is 69.8 Å². The van der Waals surface area contributed by atoms with Gasteiger partial charge in [-0.25, -0.2) is 15.0 Å². The van der Waals surface area contributed by atoms with Crippen molar-refractivity contribution in [3.63, 3.8) is 0 Å². The number of aromatic nitrogens is 3. The highest BCUT2D eigenvalue weighted by Gasteiger charge is 2.20. The second-order valence-corrected chi connectivity index (χ2v) is 2.29. The Morgan fingerprint density at radius 2 is 2.00 bits per heavy atom. The average Bonchev–Trinajstić information content (AvgIpc) is 2.21. The second kappa shape index (κ2) is 3.55. The van der Waals surface area contributed by atoms with Gasteiger partial charge in [-0.2, -0.15) is 0 Å². The molecule has 0 saturated carbocycles. The normalized spacial score (nSPS) is 19.3. The molecule has 0 aliphatic carbocycles. The Kier molecular flexibility index (Phi) is 2.24. The van der Waals surface area contributed by atoms with E-state index < -0.39 is 0 Å².